The lowest BCUT2D eigenvalue weighted by Crippen LogP contribution is -1.69. The van der Waals surface area contributed by atoms with Gasteiger partial charge in [0.15, 0.2) is 0 Å². The fourth-order valence-electron chi connectivity index (χ4n) is 2.35. The lowest BCUT2D eigenvalue weighted by molar-refractivity contribution is 0.475. The Morgan fingerprint density at radius 1 is 0.600 bits per heavy atom. The normalized spacial score (nSPS) is 9.28. The highest BCUT2D eigenvalue weighted by molar-refractivity contribution is 5.84. The number of rotatable bonds is 0. The molecule has 0 fully saturated rings. The highest BCUT2D eigenvalue weighted by Gasteiger charge is 1.92. The lowest BCUT2D eigenvalue weighted by Gasteiger charge is -1.96. The Bertz CT molecular complexity index is 926. The molecule has 0 saturated heterocycles. The van der Waals surface area contributed by atoms with Gasteiger partial charge in [0, 0.05) is 6.92 Å². The smallest absolute Gasteiger partial charge is 0.116 e. The first kappa shape index (κ1) is 17.8. The van der Waals surface area contributed by atoms with Crippen LogP contribution in [-0.4, -0.2) is 10.2 Å². The standard InChI is InChI=1S/2C10H8O.C2H3N/c2*11-10-6-5-8-3-1-2-4-9(8)7-10;1-2-3/h2*1-7,11H;1H3. The van der Waals surface area contributed by atoms with Crippen molar-refractivity contribution in [3.63, 3.8) is 0 Å². The Morgan fingerprint density at radius 2 is 0.920 bits per heavy atom. The molecule has 2 N–H and O–H groups in total. The van der Waals surface area contributed by atoms with Crippen molar-refractivity contribution >= 4 is 21.5 Å². The van der Waals surface area contributed by atoms with Gasteiger partial charge in [0.25, 0.3) is 0 Å². The van der Waals surface area contributed by atoms with Crippen molar-refractivity contribution in [2.75, 3.05) is 0 Å². The summed E-state index contributed by atoms with van der Waals surface area (Å²) in [4.78, 5) is 0. The highest BCUT2D eigenvalue weighted by atomic mass is 16.3. The molecule has 3 heteroatoms. The van der Waals surface area contributed by atoms with Crippen molar-refractivity contribution in [3.05, 3.63) is 84.9 Å². The van der Waals surface area contributed by atoms with Gasteiger partial charge in [-0.15, -0.1) is 0 Å². The van der Waals surface area contributed by atoms with Crippen molar-refractivity contribution in [1.29, 1.82) is 5.26 Å². The molecule has 0 spiro atoms. The zero-order valence-electron chi connectivity index (χ0n) is 13.9. The zero-order chi connectivity index (χ0) is 18.1. The number of hydrogen-bond donors (Lipinski definition) is 2. The van der Waals surface area contributed by atoms with E-state index in [1.54, 1.807) is 30.3 Å². The average molecular weight is 329 g/mol. The summed E-state index contributed by atoms with van der Waals surface area (Å²) in [6.07, 6.45) is 0. The lowest BCUT2D eigenvalue weighted by atomic mass is 10.1. The molecule has 0 aliphatic heterocycles. The van der Waals surface area contributed by atoms with Gasteiger partial charge in [0.05, 0.1) is 6.07 Å². The Labute approximate surface area is 147 Å². The minimum atomic E-state index is 0.323. The molecular weight excluding hydrogens is 310 g/mol. The second-order valence-electron chi connectivity index (χ2n) is 5.29. The molecule has 124 valence electrons. The molecule has 4 aromatic rings. The molecule has 4 rings (SSSR count). The van der Waals surface area contributed by atoms with Gasteiger partial charge in [-0.1, -0.05) is 60.7 Å². The van der Waals surface area contributed by atoms with Crippen LogP contribution in [0.1, 0.15) is 6.92 Å². The molecular formula is C22H19NO2. The van der Waals surface area contributed by atoms with Gasteiger partial charge < -0.3 is 10.2 Å². The number of nitriles is 1. The van der Waals surface area contributed by atoms with Crippen molar-refractivity contribution in [1.82, 2.24) is 0 Å². The van der Waals surface area contributed by atoms with Crippen LogP contribution in [0, 0.1) is 11.3 Å². The molecule has 4 aromatic carbocycles. The summed E-state index contributed by atoms with van der Waals surface area (Å²) >= 11 is 0. The van der Waals surface area contributed by atoms with Crippen LogP contribution in [0.15, 0.2) is 84.9 Å². The first-order chi connectivity index (χ1) is 12.1. The molecule has 0 amide bonds. The second-order valence-corrected chi connectivity index (χ2v) is 5.29. The van der Waals surface area contributed by atoms with E-state index in [0.29, 0.717) is 11.5 Å². The van der Waals surface area contributed by atoms with E-state index < -0.39 is 0 Å². The fourth-order valence-corrected chi connectivity index (χ4v) is 2.35. The molecule has 25 heavy (non-hydrogen) atoms. The van der Waals surface area contributed by atoms with Crippen molar-refractivity contribution < 1.29 is 10.2 Å². The fraction of sp³-hybridized carbons (Fsp3) is 0.0455. The number of nitrogens with zero attached hydrogens (tertiary/aromatic N) is 1. The number of fused-ring (bicyclic) bond motifs is 2. The summed E-state index contributed by atoms with van der Waals surface area (Å²) in [6, 6.07) is 28.4. The molecule has 0 bridgehead atoms. The van der Waals surface area contributed by atoms with E-state index >= 15 is 0 Å². The van der Waals surface area contributed by atoms with E-state index in [2.05, 4.69) is 0 Å². The molecule has 0 atom stereocenters. The number of phenols is 2. The zero-order valence-corrected chi connectivity index (χ0v) is 13.9. The van der Waals surface area contributed by atoms with Crippen LogP contribution in [0.2, 0.25) is 0 Å². The summed E-state index contributed by atoms with van der Waals surface area (Å²) in [5, 5.41) is 30.0. The molecule has 0 aliphatic rings. The van der Waals surface area contributed by atoms with Crippen molar-refractivity contribution in [2.45, 2.75) is 6.92 Å². The maximum Gasteiger partial charge on any atom is 0.116 e. The number of benzene rings is 4. The van der Waals surface area contributed by atoms with Crippen LogP contribution in [-0.2, 0) is 0 Å². The topological polar surface area (TPSA) is 64.2 Å². The maximum absolute atomic E-state index is 9.13. The summed E-state index contributed by atoms with van der Waals surface area (Å²) < 4.78 is 0. The summed E-state index contributed by atoms with van der Waals surface area (Å²) in [5.74, 6) is 0.646. The van der Waals surface area contributed by atoms with Crippen LogP contribution in [0.5, 0.6) is 11.5 Å². The van der Waals surface area contributed by atoms with Crippen LogP contribution < -0.4 is 0 Å². The minimum Gasteiger partial charge on any atom is -0.508 e. The Hall–Kier alpha value is -3.51. The van der Waals surface area contributed by atoms with Crippen LogP contribution in [0.25, 0.3) is 21.5 Å². The van der Waals surface area contributed by atoms with Crippen LogP contribution in [0.3, 0.4) is 0 Å². The van der Waals surface area contributed by atoms with Gasteiger partial charge in [-0.2, -0.15) is 5.26 Å². The van der Waals surface area contributed by atoms with E-state index in [-0.39, 0.29) is 0 Å². The van der Waals surface area contributed by atoms with Gasteiger partial charge >= 0.3 is 0 Å². The van der Waals surface area contributed by atoms with Gasteiger partial charge in [-0.3, -0.25) is 0 Å². The first-order valence-corrected chi connectivity index (χ1v) is 7.80. The predicted octanol–water partition coefficient (Wildman–Crippen LogP) is 5.62. The number of aromatic hydroxyl groups is 2. The second kappa shape index (κ2) is 8.95. The van der Waals surface area contributed by atoms with Crippen LogP contribution >= 0.6 is 0 Å². The summed E-state index contributed by atoms with van der Waals surface area (Å²) in [6.45, 7) is 1.43. The monoisotopic (exact) mass is 329 g/mol. The molecule has 0 heterocycles. The third kappa shape index (κ3) is 5.26. The predicted molar refractivity (Wildman–Crippen MR) is 103 cm³/mol. The minimum absolute atomic E-state index is 0.323. The van der Waals surface area contributed by atoms with Gasteiger partial charge in [0.1, 0.15) is 11.5 Å². The third-order valence-electron chi connectivity index (χ3n) is 3.47. The molecule has 0 radical (unpaired) electrons. The van der Waals surface area contributed by atoms with Gasteiger partial charge in [0.2, 0.25) is 0 Å². The van der Waals surface area contributed by atoms with E-state index in [0.717, 1.165) is 21.5 Å². The van der Waals surface area contributed by atoms with E-state index in [1.807, 2.05) is 60.7 Å². The quantitative estimate of drug-likeness (QED) is 0.440. The van der Waals surface area contributed by atoms with Crippen molar-refractivity contribution in [2.24, 2.45) is 0 Å². The summed E-state index contributed by atoms with van der Waals surface area (Å²) in [5.41, 5.74) is 0. The number of phenolic OH excluding ortho intramolecular Hbond substituents is 2. The molecule has 3 nitrogen and oxygen atoms in total. The van der Waals surface area contributed by atoms with Gasteiger partial charge in [-0.05, 0) is 45.8 Å². The van der Waals surface area contributed by atoms with Crippen molar-refractivity contribution in [3.8, 4) is 17.6 Å². The molecule has 0 unspecified atom stereocenters. The average Bonchev–Trinajstić information content (AvgIpc) is 2.63. The van der Waals surface area contributed by atoms with E-state index in [1.165, 1.54) is 6.92 Å². The van der Waals surface area contributed by atoms with Crippen LogP contribution in [0.4, 0.5) is 0 Å². The Morgan fingerprint density at radius 3 is 1.28 bits per heavy atom. The first-order valence-electron chi connectivity index (χ1n) is 7.80. The molecule has 0 aromatic heterocycles. The third-order valence-corrected chi connectivity index (χ3v) is 3.47. The molecule has 0 saturated carbocycles. The Balaban J connectivity index is 0.000000156. The SMILES string of the molecule is CC#N.Oc1ccc2ccccc2c1.Oc1ccc2ccccc2c1. The molecule has 0 aliphatic carbocycles. The maximum atomic E-state index is 9.13. The summed E-state index contributed by atoms with van der Waals surface area (Å²) in [7, 11) is 0. The van der Waals surface area contributed by atoms with E-state index in [9.17, 15) is 0 Å². The number of hydrogen-bond acceptors (Lipinski definition) is 3. The highest BCUT2D eigenvalue weighted by Crippen LogP contribution is 2.19. The van der Waals surface area contributed by atoms with E-state index in [4.69, 9.17) is 15.5 Å². The largest absolute Gasteiger partial charge is 0.508 e. The van der Waals surface area contributed by atoms with Gasteiger partial charge in [-0.25, -0.2) is 0 Å². The Kier molecular flexibility index (Phi) is 6.39.